The van der Waals surface area contributed by atoms with E-state index in [4.69, 9.17) is 4.42 Å². The summed E-state index contributed by atoms with van der Waals surface area (Å²) in [5, 5.41) is 11.5. The summed E-state index contributed by atoms with van der Waals surface area (Å²) in [5.74, 6) is 1.20. The summed E-state index contributed by atoms with van der Waals surface area (Å²) in [6, 6.07) is 3.64. The minimum absolute atomic E-state index is 0.254. The Morgan fingerprint density at radius 3 is 2.82 bits per heavy atom. The summed E-state index contributed by atoms with van der Waals surface area (Å²) in [4.78, 5) is 11.5. The van der Waals surface area contributed by atoms with Crippen molar-refractivity contribution in [2.24, 2.45) is 0 Å². The Morgan fingerprint density at radius 2 is 2.24 bits per heavy atom. The van der Waals surface area contributed by atoms with Gasteiger partial charge in [-0.05, 0) is 32.1 Å². The molecule has 0 bridgehead atoms. The fourth-order valence-electron chi connectivity index (χ4n) is 1.19. The van der Waals surface area contributed by atoms with Crippen LogP contribution < -0.4 is 5.32 Å². The van der Waals surface area contributed by atoms with Gasteiger partial charge in [0.05, 0.1) is 0 Å². The number of carbonyl (C=O) groups is 1. The van der Waals surface area contributed by atoms with E-state index in [1.54, 1.807) is 12.1 Å². The topological polar surface area (TPSA) is 68.0 Å². The minimum atomic E-state index is -0.254. The summed E-state index contributed by atoms with van der Waals surface area (Å²) in [6.07, 6.45) is 3.01. The summed E-state index contributed by atoms with van der Waals surface area (Å²) >= 11 is 1.33. The van der Waals surface area contributed by atoms with Gasteiger partial charge in [0.25, 0.3) is 0 Å². The van der Waals surface area contributed by atoms with E-state index in [0.29, 0.717) is 10.9 Å². The lowest BCUT2D eigenvalue weighted by molar-refractivity contribution is -0.111. The van der Waals surface area contributed by atoms with Crippen LogP contribution in [0.15, 0.2) is 22.6 Å². The summed E-state index contributed by atoms with van der Waals surface area (Å²) in [7, 11) is 0. The lowest BCUT2D eigenvalue weighted by Crippen LogP contribution is -2.07. The normalized spacial score (nSPS) is 10.9. The maximum absolute atomic E-state index is 11.5. The number of amides is 1. The van der Waals surface area contributed by atoms with Gasteiger partial charge in [-0.1, -0.05) is 11.3 Å². The first-order valence-corrected chi connectivity index (χ1v) is 5.81. The number of aryl methyl sites for hydroxylation is 2. The van der Waals surface area contributed by atoms with Crippen LogP contribution >= 0.6 is 11.3 Å². The highest BCUT2D eigenvalue weighted by molar-refractivity contribution is 7.15. The second-order valence-electron chi connectivity index (χ2n) is 3.40. The van der Waals surface area contributed by atoms with E-state index in [0.717, 1.165) is 10.8 Å². The molecule has 0 saturated heterocycles. The van der Waals surface area contributed by atoms with Crippen molar-refractivity contribution in [3.63, 3.8) is 0 Å². The van der Waals surface area contributed by atoms with Crippen LogP contribution in [0.3, 0.4) is 0 Å². The predicted molar refractivity (Wildman–Crippen MR) is 65.8 cm³/mol. The number of aromatic nitrogens is 2. The van der Waals surface area contributed by atoms with Gasteiger partial charge in [-0.3, -0.25) is 10.1 Å². The van der Waals surface area contributed by atoms with Crippen molar-refractivity contribution in [3.05, 3.63) is 34.7 Å². The molecule has 88 valence electrons. The van der Waals surface area contributed by atoms with E-state index in [1.165, 1.54) is 17.4 Å². The fraction of sp³-hybridized carbons (Fsp3) is 0.182. The smallest absolute Gasteiger partial charge is 0.250 e. The molecule has 0 atom stereocenters. The molecule has 2 heterocycles. The molecule has 1 amide bonds. The summed E-state index contributed by atoms with van der Waals surface area (Å²) < 4.78 is 5.30. The number of carbonyl (C=O) groups excluding carboxylic acids is 1. The number of anilines is 1. The van der Waals surface area contributed by atoms with E-state index in [-0.39, 0.29) is 5.91 Å². The van der Waals surface area contributed by atoms with Gasteiger partial charge in [-0.25, -0.2) is 0 Å². The van der Waals surface area contributed by atoms with Gasteiger partial charge >= 0.3 is 0 Å². The van der Waals surface area contributed by atoms with E-state index in [1.807, 2.05) is 19.9 Å². The van der Waals surface area contributed by atoms with Crippen molar-refractivity contribution in [3.8, 4) is 0 Å². The Kier molecular flexibility index (Phi) is 3.34. The lowest BCUT2D eigenvalue weighted by atomic mass is 10.4. The van der Waals surface area contributed by atoms with Gasteiger partial charge < -0.3 is 4.42 Å². The van der Waals surface area contributed by atoms with Crippen molar-refractivity contribution in [1.29, 1.82) is 0 Å². The third-order valence-electron chi connectivity index (χ3n) is 1.92. The van der Waals surface area contributed by atoms with Crippen LogP contribution in [0.25, 0.3) is 6.08 Å². The molecular formula is C11H11N3O2S. The Balaban J connectivity index is 1.95. The number of hydrogen-bond donors (Lipinski definition) is 1. The minimum Gasteiger partial charge on any atom is -0.462 e. The van der Waals surface area contributed by atoms with Gasteiger partial charge in [-0.15, -0.1) is 10.2 Å². The van der Waals surface area contributed by atoms with Crippen LogP contribution in [0.1, 0.15) is 16.5 Å². The highest BCUT2D eigenvalue weighted by Crippen LogP contribution is 2.13. The molecule has 0 aliphatic heterocycles. The fourth-order valence-corrected chi connectivity index (χ4v) is 1.79. The zero-order valence-corrected chi connectivity index (χ0v) is 10.2. The molecule has 2 rings (SSSR count). The van der Waals surface area contributed by atoms with Crippen LogP contribution in [0.4, 0.5) is 5.13 Å². The van der Waals surface area contributed by atoms with Gasteiger partial charge in [0.2, 0.25) is 11.0 Å². The van der Waals surface area contributed by atoms with Gasteiger partial charge in [0.1, 0.15) is 16.5 Å². The lowest BCUT2D eigenvalue weighted by Gasteiger charge is -1.93. The second kappa shape index (κ2) is 4.92. The van der Waals surface area contributed by atoms with Gasteiger partial charge in [-0.2, -0.15) is 0 Å². The van der Waals surface area contributed by atoms with Crippen molar-refractivity contribution in [1.82, 2.24) is 10.2 Å². The Morgan fingerprint density at radius 1 is 1.41 bits per heavy atom. The first-order valence-electron chi connectivity index (χ1n) is 4.99. The number of nitrogens with zero attached hydrogens (tertiary/aromatic N) is 2. The number of nitrogens with one attached hydrogen (secondary N) is 1. The molecule has 2 aromatic rings. The molecule has 0 aromatic carbocycles. The molecule has 2 aromatic heterocycles. The molecular weight excluding hydrogens is 238 g/mol. The Hall–Kier alpha value is -1.95. The van der Waals surface area contributed by atoms with E-state index < -0.39 is 0 Å². The van der Waals surface area contributed by atoms with Crippen LogP contribution in [-0.4, -0.2) is 16.1 Å². The van der Waals surface area contributed by atoms with Crippen molar-refractivity contribution in [2.45, 2.75) is 13.8 Å². The highest BCUT2D eigenvalue weighted by atomic mass is 32.1. The van der Waals surface area contributed by atoms with Crippen LogP contribution in [-0.2, 0) is 4.79 Å². The average molecular weight is 249 g/mol. The second-order valence-corrected chi connectivity index (χ2v) is 4.58. The standard InChI is InChI=1S/C11H11N3O2S/c1-7-3-4-9(16-7)5-6-10(15)12-11-14-13-8(2)17-11/h3-6H,1-2H3,(H,12,14,15)/b6-5+. The third-order valence-corrected chi connectivity index (χ3v) is 2.67. The molecule has 1 N–H and O–H groups in total. The van der Waals surface area contributed by atoms with Crippen LogP contribution in [0.5, 0.6) is 0 Å². The molecule has 0 saturated carbocycles. The molecule has 17 heavy (non-hydrogen) atoms. The largest absolute Gasteiger partial charge is 0.462 e. The Labute approximate surface area is 102 Å². The molecule has 0 fully saturated rings. The molecule has 0 radical (unpaired) electrons. The summed E-state index contributed by atoms with van der Waals surface area (Å²) in [5.41, 5.74) is 0. The maximum atomic E-state index is 11.5. The molecule has 6 heteroatoms. The van der Waals surface area contributed by atoms with E-state index in [2.05, 4.69) is 15.5 Å². The monoisotopic (exact) mass is 249 g/mol. The quantitative estimate of drug-likeness (QED) is 0.848. The van der Waals surface area contributed by atoms with Crippen molar-refractivity contribution >= 4 is 28.5 Å². The SMILES string of the molecule is Cc1ccc(/C=C/C(=O)Nc2nnc(C)s2)o1. The molecule has 0 spiro atoms. The predicted octanol–water partition coefficient (Wildman–Crippen LogP) is 2.40. The highest BCUT2D eigenvalue weighted by Gasteiger charge is 2.03. The van der Waals surface area contributed by atoms with Crippen LogP contribution in [0.2, 0.25) is 0 Å². The molecule has 0 aliphatic rings. The van der Waals surface area contributed by atoms with Crippen LogP contribution in [0, 0.1) is 13.8 Å². The molecule has 5 nitrogen and oxygen atoms in total. The van der Waals surface area contributed by atoms with Gasteiger partial charge in [0, 0.05) is 6.08 Å². The first-order chi connectivity index (χ1) is 8.13. The number of rotatable bonds is 3. The zero-order valence-electron chi connectivity index (χ0n) is 9.43. The third kappa shape index (κ3) is 3.25. The zero-order chi connectivity index (χ0) is 12.3. The van der Waals surface area contributed by atoms with E-state index in [9.17, 15) is 4.79 Å². The average Bonchev–Trinajstić information content (AvgIpc) is 2.85. The Bertz CT molecular complexity index is 557. The summed E-state index contributed by atoms with van der Waals surface area (Å²) in [6.45, 7) is 3.68. The first kappa shape index (κ1) is 11.5. The molecule has 0 aliphatic carbocycles. The maximum Gasteiger partial charge on any atom is 0.250 e. The molecule has 0 unspecified atom stereocenters. The number of hydrogen-bond acceptors (Lipinski definition) is 5. The van der Waals surface area contributed by atoms with Crippen molar-refractivity contribution in [2.75, 3.05) is 5.32 Å². The number of furan rings is 1. The van der Waals surface area contributed by atoms with Crippen molar-refractivity contribution < 1.29 is 9.21 Å². The van der Waals surface area contributed by atoms with Gasteiger partial charge in [0.15, 0.2) is 0 Å². The van der Waals surface area contributed by atoms with E-state index >= 15 is 0 Å².